The third kappa shape index (κ3) is 7.07. The van der Waals surface area contributed by atoms with Crippen LogP contribution in [0.1, 0.15) is 11.1 Å². The Bertz CT molecular complexity index is 815. The van der Waals surface area contributed by atoms with Crippen LogP contribution >= 0.6 is 0 Å². The summed E-state index contributed by atoms with van der Waals surface area (Å²) >= 11 is 0. The van der Waals surface area contributed by atoms with Crippen LogP contribution in [0.2, 0.25) is 0 Å². The van der Waals surface area contributed by atoms with Crippen molar-refractivity contribution in [3.05, 3.63) is 65.5 Å². The number of hydrogen-bond donors (Lipinski definition) is 1. The van der Waals surface area contributed by atoms with Crippen LogP contribution in [0.5, 0.6) is 5.75 Å². The van der Waals surface area contributed by atoms with Crippen molar-refractivity contribution >= 4 is 18.0 Å². The second-order valence-electron chi connectivity index (χ2n) is 4.94. The Labute approximate surface area is 172 Å². The van der Waals surface area contributed by atoms with Crippen molar-refractivity contribution in [2.24, 2.45) is 0 Å². The minimum atomic E-state index is -1.32. The molecule has 0 fully saturated rings. The van der Waals surface area contributed by atoms with Gasteiger partial charge in [-0.2, -0.15) is 5.26 Å². The largest absolute Gasteiger partial charge is 1.00 e. The first-order valence-corrected chi connectivity index (χ1v) is 7.30. The number of amides is 1. The fraction of sp³-hybridized carbons (Fsp3) is 0.111. The average Bonchev–Trinajstić information content (AvgIpc) is 2.64. The number of carboxylic acid groups (broad SMARTS) is 1. The number of aliphatic carboxylic acids is 1. The van der Waals surface area contributed by atoms with Gasteiger partial charge in [-0.3, -0.25) is 9.78 Å². The topological polar surface area (TPSA) is 115 Å². The summed E-state index contributed by atoms with van der Waals surface area (Å²) in [6.45, 7) is -0.281. The van der Waals surface area contributed by atoms with E-state index in [-0.39, 0.29) is 41.7 Å². The zero-order chi connectivity index (χ0) is 18.1. The molecule has 0 atom stereocenters. The third-order valence-corrected chi connectivity index (χ3v) is 3.09. The summed E-state index contributed by atoms with van der Waals surface area (Å²) in [6, 6.07) is 11.7. The summed E-state index contributed by atoms with van der Waals surface area (Å²) in [5.74, 6) is -1.47. The minimum Gasteiger partial charge on any atom is -0.546 e. The van der Waals surface area contributed by atoms with Gasteiger partial charge < -0.3 is 20.0 Å². The van der Waals surface area contributed by atoms with E-state index in [0.29, 0.717) is 11.3 Å². The summed E-state index contributed by atoms with van der Waals surface area (Å²) in [6.07, 6.45) is 4.69. The minimum absolute atomic E-state index is 0. The van der Waals surface area contributed by atoms with Crippen molar-refractivity contribution in [1.29, 1.82) is 5.26 Å². The Kier molecular flexibility index (Phi) is 9.09. The normalized spacial score (nSPS) is 10.2. The molecule has 0 unspecified atom stereocenters. The summed E-state index contributed by atoms with van der Waals surface area (Å²) < 4.78 is 4.96. The molecule has 1 aromatic carbocycles. The van der Waals surface area contributed by atoms with Crippen molar-refractivity contribution < 1.29 is 49.0 Å². The molecule has 0 spiro atoms. The van der Waals surface area contributed by atoms with Gasteiger partial charge in [-0.25, -0.2) is 0 Å². The standard InChI is InChI=1S/C18H15N3O4.Na/c19-9-15(18(24)21-11-14-2-1-7-20-10-14)8-13-3-5-16(6-4-13)25-12-17(22)23;/h1-8,10H,11-12H2,(H,21,24)(H,22,23);/q;+1/p-1/b15-8+;. The number of carbonyl (C=O) groups excluding carboxylic acids is 2. The molecule has 0 aliphatic heterocycles. The molecular weight excluding hydrogens is 345 g/mol. The number of pyridine rings is 1. The molecule has 2 rings (SSSR count). The molecule has 0 saturated carbocycles. The number of nitrogens with zero attached hydrogens (tertiary/aromatic N) is 2. The molecule has 0 bridgehead atoms. The maximum Gasteiger partial charge on any atom is 1.00 e. The number of ether oxygens (including phenoxy) is 1. The van der Waals surface area contributed by atoms with Gasteiger partial charge in [0.2, 0.25) is 0 Å². The maximum atomic E-state index is 12.1. The summed E-state index contributed by atoms with van der Waals surface area (Å²) in [5.41, 5.74) is 1.38. The molecule has 2 aromatic rings. The molecule has 7 nitrogen and oxygen atoms in total. The second kappa shape index (κ2) is 11.1. The van der Waals surface area contributed by atoms with Gasteiger partial charge in [-0.15, -0.1) is 0 Å². The van der Waals surface area contributed by atoms with Crippen molar-refractivity contribution in [1.82, 2.24) is 10.3 Å². The Morgan fingerprint density at radius 1 is 1.27 bits per heavy atom. The van der Waals surface area contributed by atoms with Crippen LogP contribution in [0.4, 0.5) is 0 Å². The van der Waals surface area contributed by atoms with Gasteiger partial charge in [0.1, 0.15) is 24.0 Å². The number of nitriles is 1. The average molecular weight is 359 g/mol. The van der Waals surface area contributed by atoms with E-state index in [2.05, 4.69) is 10.3 Å². The molecule has 126 valence electrons. The zero-order valence-electron chi connectivity index (χ0n) is 14.1. The summed E-state index contributed by atoms with van der Waals surface area (Å²) in [4.78, 5) is 26.4. The first kappa shape index (κ1) is 21.4. The number of carbonyl (C=O) groups is 2. The van der Waals surface area contributed by atoms with Gasteiger partial charge in [0.15, 0.2) is 0 Å². The second-order valence-corrected chi connectivity index (χ2v) is 4.94. The van der Waals surface area contributed by atoms with Gasteiger partial charge >= 0.3 is 29.6 Å². The van der Waals surface area contributed by atoms with Gasteiger partial charge in [-0.05, 0) is 35.4 Å². The third-order valence-electron chi connectivity index (χ3n) is 3.09. The van der Waals surface area contributed by atoms with E-state index in [0.717, 1.165) is 5.56 Å². The predicted molar refractivity (Wildman–Crippen MR) is 86.6 cm³/mol. The van der Waals surface area contributed by atoms with Gasteiger partial charge in [0.25, 0.3) is 5.91 Å². The molecule has 0 saturated heterocycles. The van der Waals surface area contributed by atoms with Crippen molar-refractivity contribution in [2.45, 2.75) is 6.54 Å². The Balaban J connectivity index is 0.00000338. The van der Waals surface area contributed by atoms with Crippen LogP contribution in [0.3, 0.4) is 0 Å². The van der Waals surface area contributed by atoms with Crippen LogP contribution in [-0.2, 0) is 16.1 Å². The monoisotopic (exact) mass is 359 g/mol. The van der Waals surface area contributed by atoms with E-state index < -0.39 is 18.5 Å². The molecule has 1 heterocycles. The first-order chi connectivity index (χ1) is 12.1. The molecule has 8 heteroatoms. The van der Waals surface area contributed by atoms with Gasteiger partial charge in [0.05, 0.1) is 5.97 Å². The number of nitrogens with one attached hydrogen (secondary N) is 1. The number of benzene rings is 1. The molecule has 0 aliphatic carbocycles. The summed E-state index contributed by atoms with van der Waals surface area (Å²) in [7, 11) is 0. The predicted octanol–water partition coefficient (Wildman–Crippen LogP) is -2.56. The van der Waals surface area contributed by atoms with Crippen LogP contribution in [-0.4, -0.2) is 23.5 Å². The van der Waals surface area contributed by atoms with Crippen LogP contribution in [0.25, 0.3) is 6.08 Å². The molecule has 0 radical (unpaired) electrons. The van der Waals surface area contributed by atoms with E-state index in [1.54, 1.807) is 30.6 Å². The van der Waals surface area contributed by atoms with E-state index in [1.165, 1.54) is 18.2 Å². The number of aromatic nitrogens is 1. The van der Waals surface area contributed by atoms with Crippen molar-refractivity contribution in [3.63, 3.8) is 0 Å². The fourth-order valence-electron chi connectivity index (χ4n) is 1.90. The molecule has 1 amide bonds. The molecule has 26 heavy (non-hydrogen) atoms. The smallest absolute Gasteiger partial charge is 0.546 e. The maximum absolute atomic E-state index is 12.1. The first-order valence-electron chi connectivity index (χ1n) is 7.30. The summed E-state index contributed by atoms with van der Waals surface area (Å²) in [5, 5.41) is 22.1. The van der Waals surface area contributed by atoms with E-state index in [4.69, 9.17) is 10.00 Å². The quantitative estimate of drug-likeness (QED) is 0.330. The number of rotatable bonds is 7. The number of hydrogen-bond acceptors (Lipinski definition) is 6. The van der Waals surface area contributed by atoms with E-state index >= 15 is 0 Å². The Hall–Kier alpha value is -2.66. The molecule has 1 N–H and O–H groups in total. The molecule has 1 aromatic heterocycles. The molecular formula is C18H14N3NaO4. The van der Waals surface area contributed by atoms with Crippen LogP contribution < -0.4 is 44.7 Å². The van der Waals surface area contributed by atoms with Gasteiger partial charge in [-0.1, -0.05) is 18.2 Å². The fourth-order valence-corrected chi connectivity index (χ4v) is 1.90. The van der Waals surface area contributed by atoms with Crippen LogP contribution in [0, 0.1) is 11.3 Å². The zero-order valence-corrected chi connectivity index (χ0v) is 16.1. The van der Waals surface area contributed by atoms with Crippen molar-refractivity contribution in [3.8, 4) is 11.8 Å². The van der Waals surface area contributed by atoms with E-state index in [1.807, 2.05) is 12.1 Å². The number of carboxylic acids is 1. The van der Waals surface area contributed by atoms with Crippen molar-refractivity contribution in [2.75, 3.05) is 6.61 Å². The van der Waals surface area contributed by atoms with Crippen LogP contribution in [0.15, 0.2) is 54.4 Å². The van der Waals surface area contributed by atoms with E-state index in [9.17, 15) is 14.7 Å². The Morgan fingerprint density at radius 2 is 2.00 bits per heavy atom. The van der Waals surface area contributed by atoms with Gasteiger partial charge in [0, 0.05) is 18.9 Å². The molecule has 0 aliphatic rings. The Morgan fingerprint density at radius 3 is 2.58 bits per heavy atom. The SMILES string of the molecule is N#C/C(=C\c1ccc(OCC(=O)[O-])cc1)C(=O)NCc1cccnc1.[Na+].